The lowest BCUT2D eigenvalue weighted by atomic mass is 9.99. The molecule has 28 heavy (non-hydrogen) atoms. The molecule has 0 amide bonds. The molecule has 1 aliphatic heterocycles. The molecular formula is C24H29N3O. The Morgan fingerprint density at radius 2 is 1.93 bits per heavy atom. The maximum absolute atomic E-state index is 10.1. The quantitative estimate of drug-likeness (QED) is 0.624. The van der Waals surface area contributed by atoms with Gasteiger partial charge in [0.2, 0.25) is 0 Å². The van der Waals surface area contributed by atoms with E-state index in [2.05, 4.69) is 71.9 Å². The molecule has 1 fully saturated rings. The van der Waals surface area contributed by atoms with Crippen LogP contribution in [-0.4, -0.2) is 46.3 Å². The third-order valence-electron chi connectivity index (χ3n) is 5.89. The van der Waals surface area contributed by atoms with Crippen LogP contribution in [0.25, 0.3) is 10.9 Å². The standard InChI is InChI=1S/C24H29N3O/c1-3-6-19-9-11-20(12-10-19)24-17-27(28)16-15-26(24)14-13-21-18(2)25-23-8-5-4-7-22(21)23/h3-5,7-12,24-25,28H,1,6,13-17H2,2H3. The van der Waals surface area contributed by atoms with Crippen molar-refractivity contribution in [2.75, 3.05) is 26.2 Å². The van der Waals surface area contributed by atoms with Crippen LogP contribution in [0, 0.1) is 6.92 Å². The minimum absolute atomic E-state index is 0.210. The van der Waals surface area contributed by atoms with Gasteiger partial charge in [0.05, 0.1) is 0 Å². The fourth-order valence-electron chi connectivity index (χ4n) is 4.34. The molecule has 4 heteroatoms. The molecule has 2 aromatic carbocycles. The Labute approximate surface area is 167 Å². The van der Waals surface area contributed by atoms with Gasteiger partial charge in [0, 0.05) is 48.8 Å². The first kappa shape index (κ1) is 18.9. The van der Waals surface area contributed by atoms with Crippen molar-refractivity contribution in [1.82, 2.24) is 14.9 Å². The van der Waals surface area contributed by atoms with Crippen molar-refractivity contribution in [3.05, 3.63) is 83.6 Å². The number of hydroxylamine groups is 2. The van der Waals surface area contributed by atoms with Crippen molar-refractivity contribution in [2.45, 2.75) is 25.8 Å². The van der Waals surface area contributed by atoms with Crippen molar-refractivity contribution < 1.29 is 5.21 Å². The van der Waals surface area contributed by atoms with Crippen LogP contribution in [-0.2, 0) is 12.8 Å². The number of nitrogens with zero attached hydrogens (tertiary/aromatic N) is 2. The predicted molar refractivity (Wildman–Crippen MR) is 115 cm³/mol. The number of H-pyrrole nitrogens is 1. The summed E-state index contributed by atoms with van der Waals surface area (Å²) >= 11 is 0. The van der Waals surface area contributed by atoms with Gasteiger partial charge in [0.1, 0.15) is 0 Å². The molecule has 2 N–H and O–H groups in total. The van der Waals surface area contributed by atoms with E-state index in [0.29, 0.717) is 13.1 Å². The number of aromatic nitrogens is 1. The first-order valence-corrected chi connectivity index (χ1v) is 10.1. The van der Waals surface area contributed by atoms with Gasteiger partial charge in [0.25, 0.3) is 0 Å². The number of hydrogen-bond acceptors (Lipinski definition) is 3. The van der Waals surface area contributed by atoms with Crippen LogP contribution >= 0.6 is 0 Å². The summed E-state index contributed by atoms with van der Waals surface area (Å²) in [4.78, 5) is 6.02. The van der Waals surface area contributed by atoms with Gasteiger partial charge in [-0.25, -0.2) is 0 Å². The van der Waals surface area contributed by atoms with E-state index in [4.69, 9.17) is 0 Å². The Hall–Kier alpha value is -2.40. The van der Waals surface area contributed by atoms with Crippen LogP contribution in [0.5, 0.6) is 0 Å². The van der Waals surface area contributed by atoms with Gasteiger partial charge in [-0.1, -0.05) is 48.5 Å². The summed E-state index contributed by atoms with van der Waals surface area (Å²) in [5.41, 5.74) is 6.41. The molecule has 4 rings (SSSR count). The van der Waals surface area contributed by atoms with E-state index in [0.717, 1.165) is 25.9 Å². The lowest BCUT2D eigenvalue weighted by molar-refractivity contribution is -0.134. The third-order valence-corrected chi connectivity index (χ3v) is 5.89. The van der Waals surface area contributed by atoms with Gasteiger partial charge in [-0.3, -0.25) is 4.90 Å². The van der Waals surface area contributed by atoms with Crippen LogP contribution in [0.15, 0.2) is 61.2 Å². The summed E-state index contributed by atoms with van der Waals surface area (Å²) in [6.07, 6.45) is 3.83. The van der Waals surface area contributed by atoms with E-state index >= 15 is 0 Å². The highest BCUT2D eigenvalue weighted by Gasteiger charge is 2.27. The van der Waals surface area contributed by atoms with Crippen molar-refractivity contribution >= 4 is 10.9 Å². The van der Waals surface area contributed by atoms with Crippen LogP contribution in [0.2, 0.25) is 0 Å². The van der Waals surface area contributed by atoms with Crippen LogP contribution in [0.1, 0.15) is 28.4 Å². The zero-order valence-corrected chi connectivity index (χ0v) is 16.6. The fourth-order valence-corrected chi connectivity index (χ4v) is 4.34. The van der Waals surface area contributed by atoms with Crippen LogP contribution in [0.4, 0.5) is 0 Å². The van der Waals surface area contributed by atoms with Gasteiger partial charge in [-0.2, -0.15) is 5.06 Å². The summed E-state index contributed by atoms with van der Waals surface area (Å²) in [7, 11) is 0. The van der Waals surface area contributed by atoms with Gasteiger partial charge < -0.3 is 10.2 Å². The number of aryl methyl sites for hydroxylation is 1. The molecule has 2 heterocycles. The maximum atomic E-state index is 10.1. The summed E-state index contributed by atoms with van der Waals surface area (Å²) < 4.78 is 0. The van der Waals surface area contributed by atoms with Gasteiger partial charge in [-0.05, 0) is 42.5 Å². The monoisotopic (exact) mass is 375 g/mol. The normalized spacial score (nSPS) is 18.6. The number of nitrogens with one attached hydrogen (secondary N) is 1. The van der Waals surface area contributed by atoms with Crippen molar-refractivity contribution in [1.29, 1.82) is 0 Å². The Kier molecular flexibility index (Phi) is 5.62. The van der Waals surface area contributed by atoms with E-state index in [1.807, 2.05) is 6.08 Å². The van der Waals surface area contributed by atoms with E-state index in [-0.39, 0.29) is 6.04 Å². The summed E-state index contributed by atoms with van der Waals surface area (Å²) in [6, 6.07) is 17.5. The molecule has 1 atom stereocenters. The molecule has 3 aromatic rings. The molecule has 0 spiro atoms. The number of fused-ring (bicyclic) bond motifs is 1. The second kappa shape index (κ2) is 8.31. The molecule has 0 aliphatic carbocycles. The molecule has 4 nitrogen and oxygen atoms in total. The fraction of sp³-hybridized carbons (Fsp3) is 0.333. The number of benzene rings is 2. The first-order valence-electron chi connectivity index (χ1n) is 10.1. The van der Waals surface area contributed by atoms with Crippen molar-refractivity contribution in [3.63, 3.8) is 0 Å². The number of allylic oxidation sites excluding steroid dienone is 1. The molecule has 1 unspecified atom stereocenters. The first-order chi connectivity index (χ1) is 13.7. The van der Waals surface area contributed by atoms with Gasteiger partial charge in [0.15, 0.2) is 0 Å². The Bertz CT molecular complexity index is 944. The predicted octanol–water partition coefficient (Wildman–Crippen LogP) is 4.50. The minimum atomic E-state index is 0.210. The zero-order chi connectivity index (χ0) is 19.5. The number of aromatic amines is 1. The number of piperazine rings is 1. The molecular weight excluding hydrogens is 346 g/mol. The molecule has 1 aliphatic rings. The average Bonchev–Trinajstić information content (AvgIpc) is 3.03. The second-order valence-electron chi connectivity index (χ2n) is 7.72. The summed E-state index contributed by atoms with van der Waals surface area (Å²) in [5, 5.41) is 12.9. The molecule has 0 saturated carbocycles. The largest absolute Gasteiger partial charge is 0.358 e. The summed E-state index contributed by atoms with van der Waals surface area (Å²) in [6.45, 7) is 9.17. The molecule has 1 aromatic heterocycles. The van der Waals surface area contributed by atoms with Gasteiger partial charge in [-0.15, -0.1) is 6.58 Å². The topological polar surface area (TPSA) is 42.5 Å². The Morgan fingerprint density at radius 3 is 2.71 bits per heavy atom. The number of rotatable bonds is 6. The van der Waals surface area contributed by atoms with E-state index in [1.54, 1.807) is 0 Å². The average molecular weight is 376 g/mol. The number of hydrogen-bond donors (Lipinski definition) is 2. The van der Waals surface area contributed by atoms with Crippen molar-refractivity contribution in [3.8, 4) is 0 Å². The molecule has 1 saturated heterocycles. The highest BCUT2D eigenvalue weighted by atomic mass is 16.5. The van der Waals surface area contributed by atoms with Crippen molar-refractivity contribution in [2.24, 2.45) is 0 Å². The lowest BCUT2D eigenvalue weighted by Gasteiger charge is -2.39. The molecule has 146 valence electrons. The third kappa shape index (κ3) is 3.90. The van der Waals surface area contributed by atoms with E-state index < -0.39 is 0 Å². The van der Waals surface area contributed by atoms with Crippen LogP contribution < -0.4 is 0 Å². The highest BCUT2D eigenvalue weighted by Crippen LogP contribution is 2.27. The summed E-state index contributed by atoms with van der Waals surface area (Å²) in [5.74, 6) is 0. The van der Waals surface area contributed by atoms with Gasteiger partial charge >= 0.3 is 0 Å². The smallest absolute Gasteiger partial charge is 0.0499 e. The van der Waals surface area contributed by atoms with E-state index in [1.165, 1.54) is 38.4 Å². The molecule has 0 radical (unpaired) electrons. The maximum Gasteiger partial charge on any atom is 0.0499 e. The highest BCUT2D eigenvalue weighted by molar-refractivity contribution is 5.84. The molecule has 0 bridgehead atoms. The SMILES string of the molecule is C=CCc1ccc(C2CN(O)CCN2CCc2c(C)[nH]c3ccccc23)cc1. The lowest BCUT2D eigenvalue weighted by Crippen LogP contribution is -2.47. The van der Waals surface area contributed by atoms with Crippen LogP contribution in [0.3, 0.4) is 0 Å². The second-order valence-corrected chi connectivity index (χ2v) is 7.72. The number of para-hydroxylation sites is 1. The Balaban J connectivity index is 1.53. The van der Waals surface area contributed by atoms with E-state index in [9.17, 15) is 5.21 Å². The zero-order valence-electron chi connectivity index (χ0n) is 16.6. The Morgan fingerprint density at radius 1 is 1.14 bits per heavy atom. The minimum Gasteiger partial charge on any atom is -0.358 e.